The van der Waals surface area contributed by atoms with E-state index in [0.717, 1.165) is 29.7 Å². The standard InChI is InChI=1S/C12H14N2OS/c1-8-5-6-16-11(8)12(15)14-10-4-2-3-9(10)7-13/h5-6,9-10H,2-4H2,1H3,(H,14,15). The highest BCUT2D eigenvalue weighted by atomic mass is 32.1. The van der Waals surface area contributed by atoms with Crippen LogP contribution in [0.25, 0.3) is 0 Å². The largest absolute Gasteiger partial charge is 0.347 e. The number of nitriles is 1. The fourth-order valence-electron chi connectivity index (χ4n) is 2.13. The van der Waals surface area contributed by atoms with Crippen LogP contribution in [0.4, 0.5) is 0 Å². The van der Waals surface area contributed by atoms with Crippen LogP contribution >= 0.6 is 11.3 Å². The fraction of sp³-hybridized carbons (Fsp3) is 0.500. The molecule has 1 aliphatic carbocycles. The molecule has 0 spiro atoms. The third-order valence-electron chi connectivity index (χ3n) is 3.07. The van der Waals surface area contributed by atoms with E-state index >= 15 is 0 Å². The third-order valence-corrected chi connectivity index (χ3v) is 4.08. The summed E-state index contributed by atoms with van der Waals surface area (Å²) in [6.45, 7) is 1.93. The number of aryl methyl sites for hydroxylation is 1. The molecule has 16 heavy (non-hydrogen) atoms. The smallest absolute Gasteiger partial charge is 0.261 e. The molecular weight excluding hydrogens is 220 g/mol. The number of rotatable bonds is 2. The first kappa shape index (κ1) is 11.2. The highest BCUT2D eigenvalue weighted by Crippen LogP contribution is 2.25. The molecular formula is C12H14N2OS. The lowest BCUT2D eigenvalue weighted by Crippen LogP contribution is -2.36. The summed E-state index contributed by atoms with van der Waals surface area (Å²) >= 11 is 1.45. The fourth-order valence-corrected chi connectivity index (χ4v) is 2.95. The Labute approximate surface area is 99.1 Å². The Morgan fingerprint density at radius 1 is 1.62 bits per heavy atom. The Hall–Kier alpha value is -1.34. The van der Waals surface area contributed by atoms with Crippen molar-refractivity contribution < 1.29 is 4.79 Å². The molecule has 3 nitrogen and oxygen atoms in total. The summed E-state index contributed by atoms with van der Waals surface area (Å²) in [5.74, 6) is -0.0381. The van der Waals surface area contributed by atoms with Gasteiger partial charge in [-0.05, 0) is 43.2 Å². The number of hydrogen-bond acceptors (Lipinski definition) is 3. The summed E-state index contributed by atoms with van der Waals surface area (Å²) in [4.78, 5) is 12.7. The van der Waals surface area contributed by atoms with Crippen molar-refractivity contribution in [2.45, 2.75) is 32.2 Å². The predicted molar refractivity (Wildman–Crippen MR) is 63.3 cm³/mol. The van der Waals surface area contributed by atoms with Crippen LogP contribution in [-0.4, -0.2) is 11.9 Å². The van der Waals surface area contributed by atoms with Crippen LogP contribution in [0.5, 0.6) is 0 Å². The maximum atomic E-state index is 11.9. The van der Waals surface area contributed by atoms with Gasteiger partial charge in [-0.15, -0.1) is 11.3 Å². The van der Waals surface area contributed by atoms with Crippen LogP contribution in [0, 0.1) is 24.2 Å². The minimum Gasteiger partial charge on any atom is -0.347 e. The van der Waals surface area contributed by atoms with E-state index in [9.17, 15) is 4.79 Å². The lowest BCUT2D eigenvalue weighted by atomic mass is 10.1. The van der Waals surface area contributed by atoms with E-state index in [0.29, 0.717) is 0 Å². The van der Waals surface area contributed by atoms with E-state index in [1.807, 2.05) is 18.4 Å². The topological polar surface area (TPSA) is 52.9 Å². The van der Waals surface area contributed by atoms with Crippen molar-refractivity contribution in [3.8, 4) is 6.07 Å². The Balaban J connectivity index is 2.03. The molecule has 1 saturated carbocycles. The van der Waals surface area contributed by atoms with Gasteiger partial charge < -0.3 is 5.32 Å². The van der Waals surface area contributed by atoms with Crippen LogP contribution in [-0.2, 0) is 0 Å². The molecule has 84 valence electrons. The molecule has 2 rings (SSSR count). The van der Waals surface area contributed by atoms with Crippen molar-refractivity contribution in [2.75, 3.05) is 0 Å². The second kappa shape index (κ2) is 4.67. The SMILES string of the molecule is Cc1ccsc1C(=O)NC1CCCC1C#N. The van der Waals surface area contributed by atoms with E-state index in [1.165, 1.54) is 11.3 Å². The summed E-state index contributed by atoms with van der Waals surface area (Å²) in [5, 5.41) is 13.8. The molecule has 1 heterocycles. The normalized spacial score (nSPS) is 24.0. The highest BCUT2D eigenvalue weighted by molar-refractivity contribution is 7.12. The molecule has 1 aromatic heterocycles. The molecule has 2 unspecified atom stereocenters. The van der Waals surface area contributed by atoms with Gasteiger partial charge in [0, 0.05) is 6.04 Å². The number of amides is 1. The summed E-state index contributed by atoms with van der Waals surface area (Å²) in [7, 11) is 0. The van der Waals surface area contributed by atoms with Crippen LogP contribution in [0.2, 0.25) is 0 Å². The van der Waals surface area contributed by atoms with Crippen molar-refractivity contribution in [3.63, 3.8) is 0 Å². The van der Waals surface area contributed by atoms with Crippen LogP contribution in [0.1, 0.15) is 34.5 Å². The Bertz CT molecular complexity index is 432. The Morgan fingerprint density at radius 2 is 2.44 bits per heavy atom. The van der Waals surface area contributed by atoms with Gasteiger partial charge in [-0.1, -0.05) is 0 Å². The second-order valence-corrected chi connectivity index (χ2v) is 5.10. The van der Waals surface area contributed by atoms with E-state index in [2.05, 4.69) is 11.4 Å². The molecule has 1 amide bonds. The molecule has 1 fully saturated rings. The summed E-state index contributed by atoms with van der Waals surface area (Å²) in [6.07, 6.45) is 2.87. The van der Waals surface area contributed by atoms with Crippen LogP contribution < -0.4 is 5.32 Å². The first-order chi connectivity index (χ1) is 7.72. The molecule has 0 radical (unpaired) electrons. The maximum Gasteiger partial charge on any atom is 0.261 e. The molecule has 0 aromatic carbocycles. The predicted octanol–water partition coefficient (Wildman–Crippen LogP) is 2.48. The molecule has 0 bridgehead atoms. The minimum atomic E-state index is -0.0281. The van der Waals surface area contributed by atoms with Crippen LogP contribution in [0.15, 0.2) is 11.4 Å². The van der Waals surface area contributed by atoms with Gasteiger partial charge in [-0.2, -0.15) is 5.26 Å². The van der Waals surface area contributed by atoms with Gasteiger partial charge in [-0.25, -0.2) is 0 Å². The lowest BCUT2D eigenvalue weighted by molar-refractivity contribution is 0.0936. The van der Waals surface area contributed by atoms with Gasteiger partial charge in [0.1, 0.15) is 0 Å². The van der Waals surface area contributed by atoms with E-state index in [-0.39, 0.29) is 17.9 Å². The first-order valence-corrected chi connectivity index (χ1v) is 6.35. The maximum absolute atomic E-state index is 11.9. The summed E-state index contributed by atoms with van der Waals surface area (Å²) in [5.41, 5.74) is 1.01. The van der Waals surface area contributed by atoms with E-state index < -0.39 is 0 Å². The zero-order valence-corrected chi connectivity index (χ0v) is 10.0. The first-order valence-electron chi connectivity index (χ1n) is 5.47. The molecule has 0 saturated heterocycles. The monoisotopic (exact) mass is 234 g/mol. The van der Waals surface area contributed by atoms with Gasteiger partial charge >= 0.3 is 0 Å². The zero-order chi connectivity index (χ0) is 11.5. The van der Waals surface area contributed by atoms with Gasteiger partial charge in [0.2, 0.25) is 0 Å². The molecule has 1 N–H and O–H groups in total. The molecule has 4 heteroatoms. The number of thiophene rings is 1. The number of nitrogens with one attached hydrogen (secondary N) is 1. The van der Waals surface area contributed by atoms with Gasteiger partial charge in [0.05, 0.1) is 16.9 Å². The number of carbonyl (C=O) groups excluding carboxylic acids is 1. The Morgan fingerprint density at radius 3 is 3.06 bits per heavy atom. The lowest BCUT2D eigenvalue weighted by Gasteiger charge is -2.15. The molecule has 2 atom stereocenters. The third kappa shape index (κ3) is 2.10. The summed E-state index contributed by atoms with van der Waals surface area (Å²) in [6, 6.07) is 4.25. The average molecular weight is 234 g/mol. The van der Waals surface area contributed by atoms with Crippen molar-refractivity contribution >= 4 is 17.2 Å². The second-order valence-electron chi connectivity index (χ2n) is 4.18. The number of carbonyl (C=O) groups is 1. The molecule has 1 aromatic rings. The van der Waals surface area contributed by atoms with Crippen molar-refractivity contribution in [1.29, 1.82) is 5.26 Å². The Kier molecular flexibility index (Phi) is 3.25. The van der Waals surface area contributed by atoms with E-state index in [4.69, 9.17) is 5.26 Å². The van der Waals surface area contributed by atoms with Gasteiger partial charge in [0.15, 0.2) is 0 Å². The quantitative estimate of drug-likeness (QED) is 0.854. The van der Waals surface area contributed by atoms with Crippen molar-refractivity contribution in [3.05, 3.63) is 21.9 Å². The van der Waals surface area contributed by atoms with Crippen LogP contribution in [0.3, 0.4) is 0 Å². The van der Waals surface area contributed by atoms with Crippen molar-refractivity contribution in [1.82, 2.24) is 5.32 Å². The minimum absolute atomic E-state index is 0.00998. The molecule has 0 aliphatic heterocycles. The van der Waals surface area contributed by atoms with E-state index in [1.54, 1.807) is 0 Å². The number of hydrogen-bond donors (Lipinski definition) is 1. The number of nitrogens with zero attached hydrogens (tertiary/aromatic N) is 1. The summed E-state index contributed by atoms with van der Waals surface area (Å²) < 4.78 is 0. The van der Waals surface area contributed by atoms with Gasteiger partial charge in [-0.3, -0.25) is 4.79 Å². The molecule has 1 aliphatic rings. The average Bonchev–Trinajstić information content (AvgIpc) is 2.86. The highest BCUT2D eigenvalue weighted by Gasteiger charge is 2.29. The van der Waals surface area contributed by atoms with Crippen molar-refractivity contribution in [2.24, 2.45) is 5.92 Å². The zero-order valence-electron chi connectivity index (χ0n) is 9.19. The van der Waals surface area contributed by atoms with Gasteiger partial charge in [0.25, 0.3) is 5.91 Å².